The molecule has 2 rings (SSSR count). The van der Waals surface area contributed by atoms with Gasteiger partial charge >= 0.3 is 11.8 Å². The second kappa shape index (κ2) is 7.51. The maximum Gasteiger partial charge on any atom is 0.390 e. The molecule has 2 aromatic rings. The van der Waals surface area contributed by atoms with E-state index in [2.05, 4.69) is 10.3 Å². The van der Waals surface area contributed by atoms with Crippen LogP contribution in [0.3, 0.4) is 0 Å². The fraction of sp³-hybridized carbons (Fsp3) is 0.267. The lowest BCUT2D eigenvalue weighted by molar-refractivity contribution is -0.389. The highest BCUT2D eigenvalue weighted by atomic mass is 19.1. The third-order valence-electron chi connectivity index (χ3n) is 3.38. The molecule has 10 heteroatoms. The van der Waals surface area contributed by atoms with Gasteiger partial charge in [0.15, 0.2) is 5.84 Å². The summed E-state index contributed by atoms with van der Waals surface area (Å²) >= 11 is 0. The number of amidine groups is 1. The Hall–Kier alpha value is -3.30. The average molecular weight is 349 g/mol. The van der Waals surface area contributed by atoms with E-state index in [1.807, 2.05) is 0 Å². The fourth-order valence-electron chi connectivity index (χ4n) is 1.96. The van der Waals surface area contributed by atoms with E-state index in [-0.39, 0.29) is 18.2 Å². The van der Waals surface area contributed by atoms with Crippen molar-refractivity contribution in [2.24, 2.45) is 16.8 Å². The highest BCUT2D eigenvalue weighted by molar-refractivity contribution is 5.97. The van der Waals surface area contributed by atoms with Crippen molar-refractivity contribution in [2.45, 2.75) is 20.4 Å². The Morgan fingerprint density at radius 2 is 2.12 bits per heavy atom. The third-order valence-corrected chi connectivity index (χ3v) is 3.38. The van der Waals surface area contributed by atoms with Crippen molar-refractivity contribution in [3.63, 3.8) is 0 Å². The Morgan fingerprint density at radius 1 is 1.48 bits per heavy atom. The minimum atomic E-state index is -0.678. The Balaban J connectivity index is 1.99. The summed E-state index contributed by atoms with van der Waals surface area (Å²) in [5.41, 5.74) is 6.61. The van der Waals surface area contributed by atoms with Crippen LogP contribution in [0.15, 0.2) is 35.5 Å². The molecule has 1 unspecified atom stereocenters. The summed E-state index contributed by atoms with van der Waals surface area (Å²) < 4.78 is 14.2. The van der Waals surface area contributed by atoms with E-state index in [1.165, 1.54) is 35.0 Å². The van der Waals surface area contributed by atoms with Crippen molar-refractivity contribution >= 4 is 17.6 Å². The van der Waals surface area contributed by atoms with Gasteiger partial charge in [-0.1, -0.05) is 5.16 Å². The van der Waals surface area contributed by atoms with Crippen molar-refractivity contribution in [1.29, 1.82) is 0 Å². The molecule has 1 heterocycles. The number of nitrogens with two attached hydrogens (primary N) is 1. The van der Waals surface area contributed by atoms with Crippen LogP contribution in [0.5, 0.6) is 0 Å². The summed E-state index contributed by atoms with van der Waals surface area (Å²) in [6.45, 7) is 3.30. The molecule has 0 saturated carbocycles. The van der Waals surface area contributed by atoms with Gasteiger partial charge in [0, 0.05) is 5.56 Å². The monoisotopic (exact) mass is 349 g/mol. The van der Waals surface area contributed by atoms with Crippen LogP contribution in [0, 0.1) is 28.8 Å². The van der Waals surface area contributed by atoms with E-state index in [4.69, 9.17) is 10.6 Å². The molecular weight excluding hydrogens is 333 g/mol. The van der Waals surface area contributed by atoms with Crippen LogP contribution in [-0.2, 0) is 16.2 Å². The zero-order chi connectivity index (χ0) is 18.6. The summed E-state index contributed by atoms with van der Waals surface area (Å²) in [7, 11) is 0. The molecule has 0 radical (unpaired) electrons. The van der Waals surface area contributed by atoms with Crippen LogP contribution in [-0.4, -0.2) is 26.5 Å². The van der Waals surface area contributed by atoms with Crippen LogP contribution in [0.2, 0.25) is 0 Å². The third kappa shape index (κ3) is 4.59. The van der Waals surface area contributed by atoms with E-state index in [1.54, 1.807) is 13.8 Å². The fourth-order valence-corrected chi connectivity index (χ4v) is 1.96. The maximum absolute atomic E-state index is 12.8. The first-order valence-corrected chi connectivity index (χ1v) is 7.27. The minimum Gasteiger partial charge on any atom is -0.380 e. The van der Waals surface area contributed by atoms with Gasteiger partial charge in [-0.2, -0.15) is 4.68 Å². The van der Waals surface area contributed by atoms with Gasteiger partial charge in [-0.05, 0) is 43.0 Å². The number of rotatable bonds is 6. The lowest BCUT2D eigenvalue weighted by atomic mass is 10.2. The number of benzene rings is 1. The average Bonchev–Trinajstić information content (AvgIpc) is 2.94. The molecule has 0 aliphatic heterocycles. The zero-order valence-electron chi connectivity index (χ0n) is 13.5. The predicted molar refractivity (Wildman–Crippen MR) is 86.0 cm³/mol. The standard InChI is InChI=1S/C15H16FN5O4/c1-9(8-20-10(2)7-13(18-20)21(23)24)15(22)25-19-14(17)11-3-5-12(16)6-4-11/h3-7,9H,8H2,1-2H3,(H2,17,19). The topological polar surface area (TPSA) is 126 Å². The number of nitrogens with zero attached hydrogens (tertiary/aromatic N) is 4. The molecule has 0 spiro atoms. The van der Waals surface area contributed by atoms with Gasteiger partial charge in [-0.3, -0.25) is 0 Å². The lowest BCUT2D eigenvalue weighted by Crippen LogP contribution is -2.22. The normalized spacial score (nSPS) is 12.7. The Bertz CT molecular complexity index is 816. The number of hydrogen-bond acceptors (Lipinski definition) is 6. The molecule has 0 amide bonds. The Morgan fingerprint density at radius 3 is 2.68 bits per heavy atom. The van der Waals surface area contributed by atoms with Gasteiger partial charge < -0.3 is 20.7 Å². The summed E-state index contributed by atoms with van der Waals surface area (Å²) in [6, 6.07) is 6.52. The lowest BCUT2D eigenvalue weighted by Gasteiger charge is -2.07. The maximum atomic E-state index is 12.8. The quantitative estimate of drug-likeness (QED) is 0.278. The van der Waals surface area contributed by atoms with Crippen LogP contribution >= 0.6 is 0 Å². The molecule has 0 aliphatic rings. The number of nitro groups is 1. The number of hydrogen-bond donors (Lipinski definition) is 1. The first-order chi connectivity index (χ1) is 11.8. The van der Waals surface area contributed by atoms with Gasteiger partial charge in [0.25, 0.3) is 0 Å². The summed E-state index contributed by atoms with van der Waals surface area (Å²) in [5.74, 6) is -2.14. The number of oxime groups is 1. The first kappa shape index (κ1) is 18.0. The molecule has 132 valence electrons. The van der Waals surface area contributed by atoms with Crippen molar-refractivity contribution in [1.82, 2.24) is 9.78 Å². The molecule has 1 atom stereocenters. The summed E-state index contributed by atoms with van der Waals surface area (Å²) in [6.07, 6.45) is 0. The van der Waals surface area contributed by atoms with Gasteiger partial charge in [-0.15, -0.1) is 0 Å². The second-order valence-electron chi connectivity index (χ2n) is 5.38. The largest absolute Gasteiger partial charge is 0.390 e. The van der Waals surface area contributed by atoms with E-state index in [0.29, 0.717) is 11.3 Å². The first-order valence-electron chi connectivity index (χ1n) is 7.27. The Labute approximate surface area is 142 Å². The second-order valence-corrected chi connectivity index (χ2v) is 5.38. The van der Waals surface area contributed by atoms with E-state index in [0.717, 1.165) is 0 Å². The molecule has 0 aliphatic carbocycles. The van der Waals surface area contributed by atoms with Crippen LogP contribution in [0.4, 0.5) is 10.2 Å². The molecule has 9 nitrogen and oxygen atoms in total. The number of aryl methyl sites for hydroxylation is 1. The van der Waals surface area contributed by atoms with Crippen molar-refractivity contribution < 1.29 is 18.9 Å². The minimum absolute atomic E-state index is 0.0774. The van der Waals surface area contributed by atoms with Crippen LogP contribution in [0.25, 0.3) is 0 Å². The molecule has 25 heavy (non-hydrogen) atoms. The van der Waals surface area contributed by atoms with Crippen LogP contribution < -0.4 is 5.73 Å². The SMILES string of the molecule is Cc1cc([N+](=O)[O-])nn1CC(C)C(=O)O/N=C(\N)c1ccc(F)cc1. The number of halogens is 1. The van der Waals surface area contributed by atoms with Gasteiger partial charge in [-0.25, -0.2) is 9.18 Å². The molecule has 0 saturated heterocycles. The van der Waals surface area contributed by atoms with Gasteiger partial charge in [0.1, 0.15) is 5.82 Å². The van der Waals surface area contributed by atoms with Crippen molar-refractivity contribution in [3.8, 4) is 0 Å². The van der Waals surface area contributed by atoms with Crippen LogP contribution in [0.1, 0.15) is 18.2 Å². The van der Waals surface area contributed by atoms with Crippen molar-refractivity contribution in [2.75, 3.05) is 0 Å². The highest BCUT2D eigenvalue weighted by Gasteiger charge is 2.22. The molecule has 2 N–H and O–H groups in total. The molecular formula is C15H16FN5O4. The number of aromatic nitrogens is 2. The van der Waals surface area contributed by atoms with Gasteiger partial charge in [0.05, 0.1) is 29.3 Å². The number of carbonyl (C=O) groups is 1. The van der Waals surface area contributed by atoms with E-state index >= 15 is 0 Å². The molecule has 1 aromatic heterocycles. The highest BCUT2D eigenvalue weighted by Crippen LogP contribution is 2.13. The summed E-state index contributed by atoms with van der Waals surface area (Å²) in [5, 5.41) is 18.0. The van der Waals surface area contributed by atoms with Crippen molar-refractivity contribution in [3.05, 3.63) is 57.5 Å². The smallest absolute Gasteiger partial charge is 0.380 e. The molecule has 0 bridgehead atoms. The Kier molecular flexibility index (Phi) is 5.42. The van der Waals surface area contributed by atoms with E-state index < -0.39 is 22.6 Å². The zero-order valence-corrected chi connectivity index (χ0v) is 13.5. The predicted octanol–water partition coefficient (Wildman–Crippen LogP) is 1.74. The summed E-state index contributed by atoms with van der Waals surface area (Å²) in [4.78, 5) is 26.8. The molecule has 0 fully saturated rings. The van der Waals surface area contributed by atoms with Gasteiger partial charge in [0.2, 0.25) is 0 Å². The number of carbonyl (C=O) groups excluding carboxylic acids is 1. The van der Waals surface area contributed by atoms with E-state index in [9.17, 15) is 19.3 Å². The molecule has 1 aromatic carbocycles.